The van der Waals surface area contributed by atoms with Gasteiger partial charge in [-0.25, -0.2) is 4.98 Å². The minimum absolute atomic E-state index is 0.0889. The zero-order chi connectivity index (χ0) is 14.4. The number of carbonyl (C=O) groups is 2. The van der Waals surface area contributed by atoms with Gasteiger partial charge >= 0.3 is 0 Å². The van der Waals surface area contributed by atoms with Crippen molar-refractivity contribution < 1.29 is 9.59 Å². The first-order valence-electron chi connectivity index (χ1n) is 7.03. The van der Waals surface area contributed by atoms with E-state index in [0.29, 0.717) is 6.54 Å². The molecule has 1 aromatic rings. The Hall–Kier alpha value is -1.43. The quantitative estimate of drug-likeness (QED) is 0.830. The number of rotatable bonds is 2. The molecule has 2 amide bonds. The van der Waals surface area contributed by atoms with Gasteiger partial charge in [-0.2, -0.15) is 0 Å². The van der Waals surface area contributed by atoms with E-state index in [4.69, 9.17) is 0 Å². The van der Waals surface area contributed by atoms with Crippen LogP contribution in [0.3, 0.4) is 0 Å². The van der Waals surface area contributed by atoms with Crippen molar-refractivity contribution in [1.82, 2.24) is 14.8 Å². The van der Waals surface area contributed by atoms with Crippen LogP contribution < -0.4 is 0 Å². The predicted molar refractivity (Wildman–Crippen MR) is 76.3 cm³/mol. The van der Waals surface area contributed by atoms with Crippen LogP contribution in [-0.2, 0) is 16.1 Å². The number of aromatic nitrogens is 1. The van der Waals surface area contributed by atoms with Crippen LogP contribution in [0.5, 0.6) is 0 Å². The maximum absolute atomic E-state index is 12.6. The van der Waals surface area contributed by atoms with Gasteiger partial charge in [-0.15, -0.1) is 11.3 Å². The molecule has 20 heavy (non-hydrogen) atoms. The lowest BCUT2D eigenvalue weighted by atomic mass is 10.1. The Morgan fingerprint density at radius 3 is 2.70 bits per heavy atom. The van der Waals surface area contributed by atoms with Gasteiger partial charge in [0.1, 0.15) is 12.1 Å². The van der Waals surface area contributed by atoms with Crippen molar-refractivity contribution >= 4 is 23.2 Å². The van der Waals surface area contributed by atoms with E-state index >= 15 is 0 Å². The largest absolute Gasteiger partial charge is 0.329 e. The number of thiazole rings is 1. The van der Waals surface area contributed by atoms with E-state index in [1.165, 1.54) is 0 Å². The van der Waals surface area contributed by atoms with Gasteiger partial charge in [0.2, 0.25) is 11.8 Å². The maximum atomic E-state index is 12.6. The van der Waals surface area contributed by atoms with E-state index in [0.717, 1.165) is 35.0 Å². The monoisotopic (exact) mass is 293 g/mol. The lowest BCUT2D eigenvalue weighted by Gasteiger charge is -2.40. The Kier molecular flexibility index (Phi) is 3.28. The van der Waals surface area contributed by atoms with Crippen molar-refractivity contribution in [3.05, 3.63) is 15.6 Å². The number of piperazine rings is 1. The highest BCUT2D eigenvalue weighted by atomic mass is 32.1. The molecule has 2 fully saturated rings. The summed E-state index contributed by atoms with van der Waals surface area (Å²) in [5.41, 5.74) is 0.966. The first-order chi connectivity index (χ1) is 9.49. The normalized spacial score (nSPS) is 26.4. The van der Waals surface area contributed by atoms with Gasteiger partial charge in [0.05, 0.1) is 17.2 Å². The number of hydrogen-bond acceptors (Lipinski definition) is 4. The molecule has 108 valence electrons. The van der Waals surface area contributed by atoms with Crippen LogP contribution in [0.2, 0.25) is 0 Å². The molecular weight excluding hydrogens is 274 g/mol. The van der Waals surface area contributed by atoms with Gasteiger partial charge in [-0.05, 0) is 33.6 Å². The molecule has 2 atom stereocenters. The molecule has 2 aliphatic heterocycles. The molecule has 6 heteroatoms. The van der Waals surface area contributed by atoms with Gasteiger partial charge in [0.25, 0.3) is 0 Å². The maximum Gasteiger partial charge on any atom is 0.246 e. The fourth-order valence-corrected chi connectivity index (χ4v) is 4.07. The number of amides is 2. The Morgan fingerprint density at radius 1 is 1.30 bits per heavy atom. The summed E-state index contributed by atoms with van der Waals surface area (Å²) in [5, 5.41) is 1.00. The molecule has 1 aromatic heterocycles. The molecule has 3 heterocycles. The van der Waals surface area contributed by atoms with Gasteiger partial charge in [-0.1, -0.05) is 0 Å². The number of aryl methyl sites for hydroxylation is 2. The molecule has 2 saturated heterocycles. The molecule has 0 unspecified atom stereocenters. The highest BCUT2D eigenvalue weighted by Crippen LogP contribution is 2.29. The smallest absolute Gasteiger partial charge is 0.246 e. The minimum atomic E-state index is -0.362. The highest BCUT2D eigenvalue weighted by molar-refractivity contribution is 7.11. The summed E-state index contributed by atoms with van der Waals surface area (Å²) in [7, 11) is 0. The van der Waals surface area contributed by atoms with Crippen LogP contribution >= 0.6 is 11.3 Å². The van der Waals surface area contributed by atoms with Gasteiger partial charge in [0, 0.05) is 11.4 Å². The van der Waals surface area contributed by atoms with E-state index in [1.807, 2.05) is 20.8 Å². The standard InChI is InChI=1S/C14H19N3O2S/c1-8-12(20-10(3)15-8)7-17-9(2)13(18)16-6-4-5-11(16)14(17)19/h9,11H,4-7H2,1-3H3/t9-,11-/m0/s1. The second-order valence-electron chi connectivity index (χ2n) is 5.57. The van der Waals surface area contributed by atoms with Gasteiger partial charge in [0.15, 0.2) is 0 Å². The summed E-state index contributed by atoms with van der Waals surface area (Å²) in [4.78, 5) is 33.9. The predicted octanol–water partition coefficient (Wildman–Crippen LogP) is 1.48. The van der Waals surface area contributed by atoms with Crippen LogP contribution in [-0.4, -0.2) is 45.2 Å². The van der Waals surface area contributed by atoms with Crippen molar-refractivity contribution in [1.29, 1.82) is 0 Å². The highest BCUT2D eigenvalue weighted by Gasteiger charge is 2.45. The van der Waals surface area contributed by atoms with Crippen LogP contribution in [0.25, 0.3) is 0 Å². The zero-order valence-electron chi connectivity index (χ0n) is 12.0. The van der Waals surface area contributed by atoms with Gasteiger partial charge < -0.3 is 9.80 Å². The first kappa shape index (κ1) is 13.5. The SMILES string of the molecule is Cc1nc(C)c(CN2C(=O)[C@@H]3CCCN3C(=O)[C@@H]2C)s1. The van der Waals surface area contributed by atoms with Gasteiger partial charge in [-0.3, -0.25) is 9.59 Å². The molecule has 0 aliphatic carbocycles. The fraction of sp³-hybridized carbons (Fsp3) is 0.643. The molecule has 5 nitrogen and oxygen atoms in total. The van der Waals surface area contributed by atoms with Crippen molar-refractivity contribution in [3.63, 3.8) is 0 Å². The number of nitrogens with zero attached hydrogens (tertiary/aromatic N) is 3. The van der Waals surface area contributed by atoms with Crippen molar-refractivity contribution in [2.75, 3.05) is 6.54 Å². The van der Waals surface area contributed by atoms with E-state index in [-0.39, 0.29) is 23.9 Å². The lowest BCUT2D eigenvalue weighted by Crippen LogP contribution is -2.61. The Morgan fingerprint density at radius 2 is 2.05 bits per heavy atom. The molecule has 0 saturated carbocycles. The molecular formula is C14H19N3O2S. The molecule has 3 rings (SSSR count). The minimum Gasteiger partial charge on any atom is -0.329 e. The summed E-state index contributed by atoms with van der Waals surface area (Å²) in [6.07, 6.45) is 1.73. The van der Waals surface area contributed by atoms with Crippen LogP contribution in [0.15, 0.2) is 0 Å². The summed E-state index contributed by atoms with van der Waals surface area (Å²) in [6.45, 7) is 6.99. The van der Waals surface area contributed by atoms with E-state index in [2.05, 4.69) is 4.98 Å². The Balaban J connectivity index is 1.86. The first-order valence-corrected chi connectivity index (χ1v) is 7.84. The van der Waals surface area contributed by atoms with Crippen molar-refractivity contribution in [3.8, 4) is 0 Å². The molecule has 0 spiro atoms. The molecule has 0 radical (unpaired) electrons. The fourth-order valence-electron chi connectivity index (χ4n) is 3.13. The molecule has 2 aliphatic rings. The third-order valence-electron chi connectivity index (χ3n) is 4.24. The average molecular weight is 293 g/mol. The van der Waals surface area contributed by atoms with Crippen LogP contribution in [0.4, 0.5) is 0 Å². The van der Waals surface area contributed by atoms with Crippen LogP contribution in [0, 0.1) is 13.8 Å². The second-order valence-corrected chi connectivity index (χ2v) is 6.86. The number of fused-ring (bicyclic) bond motifs is 1. The number of hydrogen-bond donors (Lipinski definition) is 0. The molecule has 0 bridgehead atoms. The van der Waals surface area contributed by atoms with E-state index in [9.17, 15) is 9.59 Å². The zero-order valence-corrected chi connectivity index (χ0v) is 12.9. The molecule has 0 N–H and O–H groups in total. The summed E-state index contributed by atoms with van der Waals surface area (Å²) >= 11 is 1.61. The van der Waals surface area contributed by atoms with E-state index in [1.54, 1.807) is 21.1 Å². The topological polar surface area (TPSA) is 53.5 Å². The van der Waals surface area contributed by atoms with E-state index < -0.39 is 0 Å². The Labute approximate surface area is 122 Å². The summed E-state index contributed by atoms with van der Waals surface area (Å²) in [6, 6.07) is -0.591. The lowest BCUT2D eigenvalue weighted by molar-refractivity contribution is -0.159. The van der Waals surface area contributed by atoms with Crippen LogP contribution in [0.1, 0.15) is 35.3 Å². The summed E-state index contributed by atoms with van der Waals surface area (Å²) < 4.78 is 0. The van der Waals surface area contributed by atoms with Crippen molar-refractivity contribution in [2.24, 2.45) is 0 Å². The summed E-state index contributed by atoms with van der Waals surface area (Å²) in [5.74, 6) is 0.186. The molecule has 0 aromatic carbocycles. The Bertz CT molecular complexity index is 569. The number of carbonyl (C=O) groups excluding carboxylic acids is 2. The van der Waals surface area contributed by atoms with Crippen molar-refractivity contribution in [2.45, 2.75) is 52.2 Å². The third kappa shape index (κ3) is 2.02. The average Bonchev–Trinajstić information content (AvgIpc) is 2.99. The third-order valence-corrected chi connectivity index (χ3v) is 5.30. The second kappa shape index (κ2) is 4.84.